The highest BCUT2D eigenvalue weighted by molar-refractivity contribution is 6.31. The number of carbonyl (C=O) groups excluding carboxylic acids is 1. The molecule has 0 saturated heterocycles. The van der Waals surface area contributed by atoms with E-state index in [-0.39, 0.29) is 5.69 Å². The second-order valence-corrected chi connectivity index (χ2v) is 8.08. The summed E-state index contributed by atoms with van der Waals surface area (Å²) in [6, 6.07) is 13.8. The Morgan fingerprint density at radius 2 is 1.94 bits per heavy atom. The van der Waals surface area contributed by atoms with Crippen molar-refractivity contribution in [3.05, 3.63) is 88.7 Å². The van der Waals surface area contributed by atoms with Gasteiger partial charge < -0.3 is 15.4 Å². The van der Waals surface area contributed by atoms with E-state index in [0.29, 0.717) is 34.9 Å². The van der Waals surface area contributed by atoms with Crippen molar-refractivity contribution in [2.45, 2.75) is 13.1 Å². The number of pyridine rings is 1. The predicted molar refractivity (Wildman–Crippen MR) is 129 cm³/mol. The van der Waals surface area contributed by atoms with Gasteiger partial charge in [0.25, 0.3) is 0 Å². The van der Waals surface area contributed by atoms with E-state index < -0.39 is 22.7 Å². The van der Waals surface area contributed by atoms with Gasteiger partial charge in [0.15, 0.2) is 0 Å². The quantitative estimate of drug-likeness (QED) is 0.411. The van der Waals surface area contributed by atoms with Crippen LogP contribution in [0.2, 0.25) is 5.02 Å². The molecule has 10 heteroatoms. The predicted octanol–water partition coefficient (Wildman–Crippen LogP) is 5.94. The molecule has 0 radical (unpaired) electrons. The zero-order valence-corrected chi connectivity index (χ0v) is 19.2. The van der Waals surface area contributed by atoms with Crippen LogP contribution >= 0.6 is 11.6 Å². The molecule has 1 amide bonds. The average Bonchev–Trinajstić information content (AvgIpc) is 3.35. The topological polar surface area (TPSA) is 75.6 Å². The number of aromatic nitrogens is 1. The van der Waals surface area contributed by atoms with Crippen molar-refractivity contribution in [1.29, 1.82) is 0 Å². The number of carbonyl (C=O) groups is 1. The molecule has 0 unspecified atom stereocenters. The van der Waals surface area contributed by atoms with Gasteiger partial charge in [-0.15, -0.1) is 0 Å². The number of rotatable bonds is 6. The highest BCUT2D eigenvalue weighted by Crippen LogP contribution is 2.36. The third kappa shape index (κ3) is 6.19. The first-order chi connectivity index (χ1) is 16.7. The van der Waals surface area contributed by atoms with E-state index >= 15 is 0 Å². The summed E-state index contributed by atoms with van der Waals surface area (Å²) >= 11 is 5.63. The SMILES string of the molecule is C/C(=C/C(=O)Nc1ccc(Cl)c(C(F)(F)F)c1)c1cccc(Oc2ccnc(C3=NCCN3)c2)c1. The first-order valence-electron chi connectivity index (χ1n) is 10.6. The van der Waals surface area contributed by atoms with E-state index in [4.69, 9.17) is 16.3 Å². The molecule has 0 aliphatic carbocycles. The van der Waals surface area contributed by atoms with Crippen LogP contribution in [0.5, 0.6) is 11.5 Å². The number of anilines is 1. The Hall–Kier alpha value is -3.85. The van der Waals surface area contributed by atoms with Gasteiger partial charge in [-0.25, -0.2) is 0 Å². The summed E-state index contributed by atoms with van der Waals surface area (Å²) in [6.45, 7) is 3.19. The van der Waals surface area contributed by atoms with E-state index in [1.807, 2.05) is 0 Å². The Morgan fingerprint density at radius 3 is 2.69 bits per heavy atom. The second kappa shape index (κ2) is 10.2. The van der Waals surface area contributed by atoms with Crippen LogP contribution in [-0.4, -0.2) is 29.8 Å². The zero-order chi connectivity index (χ0) is 25.0. The minimum absolute atomic E-state index is 0.0114. The highest BCUT2D eigenvalue weighted by atomic mass is 35.5. The van der Waals surface area contributed by atoms with Gasteiger partial charge in [-0.3, -0.25) is 14.8 Å². The number of alkyl halides is 3. The van der Waals surface area contributed by atoms with Crippen LogP contribution in [0, 0.1) is 0 Å². The summed E-state index contributed by atoms with van der Waals surface area (Å²) < 4.78 is 45.1. The van der Waals surface area contributed by atoms with Crippen molar-refractivity contribution in [2.24, 2.45) is 4.99 Å². The average molecular weight is 501 g/mol. The van der Waals surface area contributed by atoms with Crippen LogP contribution in [-0.2, 0) is 11.0 Å². The Bertz CT molecular complexity index is 1320. The molecular formula is C25H20ClF3N4O2. The van der Waals surface area contributed by atoms with Gasteiger partial charge in [-0.2, -0.15) is 13.2 Å². The van der Waals surface area contributed by atoms with Crippen molar-refractivity contribution in [2.75, 3.05) is 18.4 Å². The Labute approximate surface area is 204 Å². The van der Waals surface area contributed by atoms with Crippen molar-refractivity contribution >= 4 is 34.6 Å². The first kappa shape index (κ1) is 24.3. The van der Waals surface area contributed by atoms with E-state index in [1.165, 1.54) is 12.1 Å². The van der Waals surface area contributed by atoms with Crippen molar-refractivity contribution in [3.8, 4) is 11.5 Å². The molecular weight excluding hydrogens is 481 g/mol. The lowest BCUT2D eigenvalue weighted by Crippen LogP contribution is -2.20. The number of ether oxygens (including phenoxy) is 1. The number of hydrogen-bond donors (Lipinski definition) is 2. The lowest BCUT2D eigenvalue weighted by Gasteiger charge is -2.11. The van der Waals surface area contributed by atoms with Gasteiger partial charge in [-0.05, 0) is 54.5 Å². The van der Waals surface area contributed by atoms with Crippen molar-refractivity contribution < 1.29 is 22.7 Å². The van der Waals surface area contributed by atoms with E-state index in [0.717, 1.165) is 24.5 Å². The van der Waals surface area contributed by atoms with Gasteiger partial charge in [0, 0.05) is 30.6 Å². The summed E-state index contributed by atoms with van der Waals surface area (Å²) in [5.41, 5.74) is 0.957. The number of aliphatic imine (C=N–C) groups is 1. The molecule has 2 heterocycles. The number of amidine groups is 1. The zero-order valence-electron chi connectivity index (χ0n) is 18.5. The fraction of sp³-hybridized carbons (Fsp3) is 0.160. The molecule has 0 atom stereocenters. The van der Waals surface area contributed by atoms with Crippen LogP contribution in [0.25, 0.3) is 5.57 Å². The van der Waals surface area contributed by atoms with Crippen molar-refractivity contribution in [1.82, 2.24) is 10.3 Å². The monoisotopic (exact) mass is 500 g/mol. The molecule has 0 fully saturated rings. The molecule has 1 aliphatic heterocycles. The van der Waals surface area contributed by atoms with Crippen LogP contribution in [0.4, 0.5) is 18.9 Å². The molecule has 6 nitrogen and oxygen atoms in total. The maximum atomic E-state index is 13.1. The Morgan fingerprint density at radius 1 is 1.14 bits per heavy atom. The standard InChI is InChI=1S/C25H20ClF3N4O2/c1-15(11-23(34)33-17-5-6-21(26)20(13-17)25(27,28)29)16-3-2-4-18(12-16)35-19-7-8-30-22(14-19)24-31-9-10-32-24/h2-8,11-14H,9-10H2,1H3,(H,31,32)(H,33,34)/b15-11-. The van der Waals surface area contributed by atoms with Gasteiger partial charge in [-0.1, -0.05) is 23.7 Å². The number of hydrogen-bond acceptors (Lipinski definition) is 5. The summed E-state index contributed by atoms with van der Waals surface area (Å²) in [4.78, 5) is 21.1. The minimum atomic E-state index is -4.62. The van der Waals surface area contributed by atoms with Gasteiger partial charge >= 0.3 is 6.18 Å². The number of nitrogens with zero attached hydrogens (tertiary/aromatic N) is 2. The van der Waals surface area contributed by atoms with Crippen molar-refractivity contribution in [3.63, 3.8) is 0 Å². The summed E-state index contributed by atoms with van der Waals surface area (Å²) in [6.07, 6.45) is -1.69. The van der Waals surface area contributed by atoms with Crippen LogP contribution in [0.3, 0.4) is 0 Å². The molecule has 0 bridgehead atoms. The van der Waals surface area contributed by atoms with Crippen LogP contribution in [0.15, 0.2) is 71.9 Å². The molecule has 0 spiro atoms. The number of nitrogens with one attached hydrogen (secondary N) is 2. The second-order valence-electron chi connectivity index (χ2n) is 7.67. The molecule has 3 aromatic rings. The maximum absolute atomic E-state index is 13.1. The van der Waals surface area contributed by atoms with Gasteiger partial charge in [0.05, 0.1) is 17.1 Å². The Kier molecular flexibility index (Phi) is 7.07. The summed E-state index contributed by atoms with van der Waals surface area (Å²) in [7, 11) is 0. The lowest BCUT2D eigenvalue weighted by molar-refractivity contribution is -0.137. The third-order valence-electron chi connectivity index (χ3n) is 5.06. The smallest absolute Gasteiger partial charge is 0.417 e. The molecule has 4 rings (SSSR count). The molecule has 1 aromatic heterocycles. The molecule has 2 N–H and O–H groups in total. The fourth-order valence-electron chi connectivity index (χ4n) is 3.39. The summed E-state index contributed by atoms with van der Waals surface area (Å²) in [5.74, 6) is 1.26. The molecule has 35 heavy (non-hydrogen) atoms. The highest BCUT2D eigenvalue weighted by Gasteiger charge is 2.33. The molecule has 0 saturated carbocycles. The minimum Gasteiger partial charge on any atom is -0.457 e. The maximum Gasteiger partial charge on any atom is 0.417 e. The van der Waals surface area contributed by atoms with Crippen LogP contribution < -0.4 is 15.4 Å². The van der Waals surface area contributed by atoms with E-state index in [1.54, 1.807) is 49.5 Å². The Balaban J connectivity index is 1.47. The van der Waals surface area contributed by atoms with Crippen LogP contribution in [0.1, 0.15) is 23.7 Å². The summed E-state index contributed by atoms with van der Waals surface area (Å²) in [5, 5.41) is 5.16. The van der Waals surface area contributed by atoms with Gasteiger partial charge in [0.2, 0.25) is 5.91 Å². The number of halogens is 4. The molecule has 180 valence electrons. The van der Waals surface area contributed by atoms with Gasteiger partial charge in [0.1, 0.15) is 23.0 Å². The largest absolute Gasteiger partial charge is 0.457 e. The third-order valence-corrected chi connectivity index (χ3v) is 5.39. The van der Waals surface area contributed by atoms with E-state index in [2.05, 4.69) is 20.6 Å². The number of benzene rings is 2. The molecule has 1 aliphatic rings. The fourth-order valence-corrected chi connectivity index (χ4v) is 3.62. The van der Waals surface area contributed by atoms with E-state index in [9.17, 15) is 18.0 Å². The molecule has 2 aromatic carbocycles. The number of amides is 1. The normalized spacial score (nSPS) is 13.7. The first-order valence-corrected chi connectivity index (χ1v) is 11.0. The lowest BCUT2D eigenvalue weighted by atomic mass is 10.1. The number of allylic oxidation sites excluding steroid dienone is 1.